The third kappa shape index (κ3) is 2.46. The van der Waals surface area contributed by atoms with Crippen LogP contribution < -0.4 is 4.74 Å². The molecule has 1 aromatic carbocycles. The van der Waals surface area contributed by atoms with E-state index in [0.29, 0.717) is 5.75 Å². The summed E-state index contributed by atoms with van der Waals surface area (Å²) >= 11 is 0. The van der Waals surface area contributed by atoms with Gasteiger partial charge in [-0.25, -0.2) is 0 Å². The minimum Gasteiger partial charge on any atom is -0.490 e. The van der Waals surface area contributed by atoms with Crippen LogP contribution in [0.1, 0.15) is 26.3 Å². The summed E-state index contributed by atoms with van der Waals surface area (Å²) in [5.74, 6) is 0.299. The number of nitro groups is 1. The Kier molecular flexibility index (Phi) is 2.98. The Morgan fingerprint density at radius 1 is 1.33 bits per heavy atom. The smallest absolute Gasteiger partial charge is 0.311 e. The molecule has 0 unspecified atom stereocenters. The summed E-state index contributed by atoms with van der Waals surface area (Å²) < 4.78 is 4.93. The summed E-state index contributed by atoms with van der Waals surface area (Å²) in [6.45, 7) is 6.04. The summed E-state index contributed by atoms with van der Waals surface area (Å²) in [6, 6.07) is 5.06. The quantitative estimate of drug-likeness (QED) is 0.556. The van der Waals surface area contributed by atoms with Crippen molar-refractivity contribution < 1.29 is 9.66 Å². The second-order valence-corrected chi connectivity index (χ2v) is 4.39. The van der Waals surface area contributed by atoms with E-state index in [-0.39, 0.29) is 11.1 Å². The molecular formula is C11H15NO3. The number of benzene rings is 1. The van der Waals surface area contributed by atoms with E-state index in [1.54, 1.807) is 12.1 Å². The fourth-order valence-electron chi connectivity index (χ4n) is 1.30. The van der Waals surface area contributed by atoms with Gasteiger partial charge in [-0.05, 0) is 17.0 Å². The molecule has 0 aliphatic heterocycles. The van der Waals surface area contributed by atoms with Crippen LogP contribution in [0.5, 0.6) is 5.75 Å². The van der Waals surface area contributed by atoms with Crippen molar-refractivity contribution in [3.63, 3.8) is 0 Å². The number of hydrogen-bond donors (Lipinski definition) is 0. The lowest BCUT2D eigenvalue weighted by molar-refractivity contribution is -0.385. The summed E-state index contributed by atoms with van der Waals surface area (Å²) in [5, 5.41) is 10.8. The molecule has 0 fully saturated rings. The van der Waals surface area contributed by atoms with Crippen LogP contribution in [0.15, 0.2) is 18.2 Å². The Morgan fingerprint density at radius 3 is 2.33 bits per heavy atom. The first-order valence-corrected chi connectivity index (χ1v) is 4.69. The molecule has 0 aliphatic carbocycles. The lowest BCUT2D eigenvalue weighted by Gasteiger charge is -2.18. The molecule has 0 amide bonds. The molecule has 0 saturated heterocycles. The van der Waals surface area contributed by atoms with E-state index in [2.05, 4.69) is 0 Å². The lowest BCUT2D eigenvalue weighted by atomic mass is 9.87. The molecule has 0 saturated carbocycles. The largest absolute Gasteiger partial charge is 0.490 e. The van der Waals surface area contributed by atoms with Gasteiger partial charge >= 0.3 is 5.69 Å². The zero-order chi connectivity index (χ0) is 11.6. The van der Waals surface area contributed by atoms with Gasteiger partial charge in [0.1, 0.15) is 0 Å². The zero-order valence-electron chi connectivity index (χ0n) is 9.40. The SMILES string of the molecule is COc1ccc(C(C)(C)C)cc1[N+](=O)[O-]. The molecule has 0 radical (unpaired) electrons. The third-order valence-electron chi connectivity index (χ3n) is 2.24. The second-order valence-electron chi connectivity index (χ2n) is 4.39. The van der Waals surface area contributed by atoms with E-state index >= 15 is 0 Å². The maximum atomic E-state index is 10.8. The van der Waals surface area contributed by atoms with E-state index < -0.39 is 4.92 Å². The van der Waals surface area contributed by atoms with Crippen molar-refractivity contribution in [1.29, 1.82) is 0 Å². The van der Waals surface area contributed by atoms with Crippen molar-refractivity contribution >= 4 is 5.69 Å². The minimum atomic E-state index is -0.423. The first kappa shape index (κ1) is 11.5. The predicted octanol–water partition coefficient (Wildman–Crippen LogP) is 2.90. The number of methoxy groups -OCH3 is 1. The standard InChI is InChI=1S/C11H15NO3/c1-11(2,3)8-5-6-10(15-4)9(7-8)12(13)14/h5-7H,1-4H3. The van der Waals surface area contributed by atoms with Crippen molar-refractivity contribution in [2.75, 3.05) is 7.11 Å². The number of rotatable bonds is 2. The van der Waals surface area contributed by atoms with Gasteiger partial charge in [0.25, 0.3) is 0 Å². The van der Waals surface area contributed by atoms with Gasteiger partial charge in [-0.15, -0.1) is 0 Å². The third-order valence-corrected chi connectivity index (χ3v) is 2.24. The van der Waals surface area contributed by atoms with Crippen LogP contribution >= 0.6 is 0 Å². The maximum absolute atomic E-state index is 10.8. The first-order valence-electron chi connectivity index (χ1n) is 4.69. The van der Waals surface area contributed by atoms with Gasteiger partial charge in [-0.1, -0.05) is 26.8 Å². The van der Waals surface area contributed by atoms with Gasteiger partial charge in [0.05, 0.1) is 12.0 Å². The average molecular weight is 209 g/mol. The monoisotopic (exact) mass is 209 g/mol. The van der Waals surface area contributed by atoms with Crippen LogP contribution in [0, 0.1) is 10.1 Å². The van der Waals surface area contributed by atoms with Crippen LogP contribution in [0.2, 0.25) is 0 Å². The van der Waals surface area contributed by atoms with Gasteiger partial charge in [0.2, 0.25) is 0 Å². The molecule has 4 nitrogen and oxygen atoms in total. The fraction of sp³-hybridized carbons (Fsp3) is 0.455. The molecular weight excluding hydrogens is 194 g/mol. The topological polar surface area (TPSA) is 52.4 Å². The number of ether oxygens (including phenoxy) is 1. The molecule has 0 bridgehead atoms. The molecule has 0 N–H and O–H groups in total. The molecule has 82 valence electrons. The average Bonchev–Trinajstić information content (AvgIpc) is 2.15. The van der Waals surface area contributed by atoms with Crippen molar-refractivity contribution in [2.45, 2.75) is 26.2 Å². The van der Waals surface area contributed by atoms with E-state index in [1.807, 2.05) is 26.8 Å². The highest BCUT2D eigenvalue weighted by Crippen LogP contribution is 2.32. The van der Waals surface area contributed by atoms with Crippen molar-refractivity contribution in [3.8, 4) is 5.75 Å². The summed E-state index contributed by atoms with van der Waals surface area (Å²) in [7, 11) is 1.43. The highest BCUT2D eigenvalue weighted by atomic mass is 16.6. The van der Waals surface area contributed by atoms with Gasteiger partial charge in [-0.3, -0.25) is 10.1 Å². The molecule has 0 atom stereocenters. The van der Waals surface area contributed by atoms with Crippen LogP contribution in [-0.2, 0) is 5.41 Å². The highest BCUT2D eigenvalue weighted by Gasteiger charge is 2.20. The molecule has 0 heterocycles. The van der Waals surface area contributed by atoms with E-state index in [1.165, 1.54) is 7.11 Å². The number of hydrogen-bond acceptors (Lipinski definition) is 3. The number of nitrogens with zero attached hydrogens (tertiary/aromatic N) is 1. The van der Waals surface area contributed by atoms with Crippen molar-refractivity contribution in [3.05, 3.63) is 33.9 Å². The predicted molar refractivity (Wildman–Crippen MR) is 58.3 cm³/mol. The van der Waals surface area contributed by atoms with Gasteiger partial charge < -0.3 is 4.74 Å². The first-order chi connectivity index (χ1) is 6.86. The Labute approximate surface area is 89.0 Å². The van der Waals surface area contributed by atoms with E-state index in [4.69, 9.17) is 4.74 Å². The van der Waals surface area contributed by atoms with Crippen molar-refractivity contribution in [1.82, 2.24) is 0 Å². The molecule has 0 aliphatic rings. The molecule has 4 heteroatoms. The summed E-state index contributed by atoms with van der Waals surface area (Å²) in [5.41, 5.74) is 0.844. The number of nitro benzene ring substituents is 1. The Hall–Kier alpha value is -1.58. The van der Waals surface area contributed by atoms with Crippen molar-refractivity contribution in [2.24, 2.45) is 0 Å². The van der Waals surface area contributed by atoms with Crippen LogP contribution in [0.4, 0.5) is 5.69 Å². The Morgan fingerprint density at radius 2 is 1.93 bits per heavy atom. The normalized spacial score (nSPS) is 11.2. The molecule has 1 aromatic rings. The lowest BCUT2D eigenvalue weighted by Crippen LogP contribution is -2.11. The van der Waals surface area contributed by atoms with Crippen LogP contribution in [-0.4, -0.2) is 12.0 Å². The zero-order valence-corrected chi connectivity index (χ0v) is 9.40. The Balaban J connectivity index is 3.28. The maximum Gasteiger partial charge on any atom is 0.311 e. The fourth-order valence-corrected chi connectivity index (χ4v) is 1.30. The molecule has 0 aromatic heterocycles. The second kappa shape index (κ2) is 3.88. The van der Waals surface area contributed by atoms with Gasteiger partial charge in [0, 0.05) is 6.07 Å². The highest BCUT2D eigenvalue weighted by molar-refractivity contribution is 5.50. The van der Waals surface area contributed by atoms with Crippen LogP contribution in [0.3, 0.4) is 0 Å². The molecule has 15 heavy (non-hydrogen) atoms. The van der Waals surface area contributed by atoms with Crippen LogP contribution in [0.25, 0.3) is 0 Å². The Bertz CT molecular complexity index is 380. The summed E-state index contributed by atoms with van der Waals surface area (Å²) in [6.07, 6.45) is 0. The van der Waals surface area contributed by atoms with E-state index in [0.717, 1.165) is 5.56 Å². The van der Waals surface area contributed by atoms with Gasteiger partial charge in [-0.2, -0.15) is 0 Å². The molecule has 0 spiro atoms. The van der Waals surface area contributed by atoms with E-state index in [9.17, 15) is 10.1 Å². The minimum absolute atomic E-state index is 0.0184. The summed E-state index contributed by atoms with van der Waals surface area (Å²) in [4.78, 5) is 10.4. The van der Waals surface area contributed by atoms with Gasteiger partial charge in [0.15, 0.2) is 5.75 Å². The molecule has 1 rings (SSSR count).